The van der Waals surface area contributed by atoms with E-state index in [1.807, 2.05) is 0 Å². The molecular formula is C11H13N3O2S. The maximum absolute atomic E-state index is 11.8. The Kier molecular flexibility index (Phi) is 2.16. The number of sulfone groups is 1. The van der Waals surface area contributed by atoms with Gasteiger partial charge in [0.15, 0.2) is 9.84 Å². The summed E-state index contributed by atoms with van der Waals surface area (Å²) in [5.41, 5.74) is 7.67. The zero-order valence-electron chi connectivity index (χ0n) is 9.20. The molecule has 1 atom stereocenters. The van der Waals surface area contributed by atoms with Gasteiger partial charge in [0.05, 0.1) is 11.4 Å². The van der Waals surface area contributed by atoms with Gasteiger partial charge in [0, 0.05) is 18.1 Å². The second kappa shape index (κ2) is 3.46. The van der Waals surface area contributed by atoms with E-state index in [1.165, 1.54) is 0 Å². The van der Waals surface area contributed by atoms with E-state index in [1.54, 1.807) is 28.9 Å². The Labute approximate surface area is 99.2 Å². The fraction of sp³-hybridized carbons (Fsp3) is 0.364. The molecule has 2 aromatic rings. The number of nitrogen functional groups attached to an aromatic ring is 1. The van der Waals surface area contributed by atoms with Crippen LogP contribution in [0.15, 0.2) is 24.5 Å². The van der Waals surface area contributed by atoms with Gasteiger partial charge in [0.2, 0.25) is 0 Å². The summed E-state index contributed by atoms with van der Waals surface area (Å²) in [5, 5.41) is -0.441. The van der Waals surface area contributed by atoms with Gasteiger partial charge < -0.3 is 10.1 Å². The third-order valence-corrected chi connectivity index (χ3v) is 5.35. The zero-order chi connectivity index (χ0) is 12.0. The second-order valence-electron chi connectivity index (χ2n) is 4.39. The molecule has 1 fully saturated rings. The summed E-state index contributed by atoms with van der Waals surface area (Å²) in [6, 6.07) is 3.55. The van der Waals surface area contributed by atoms with Gasteiger partial charge >= 0.3 is 0 Å². The summed E-state index contributed by atoms with van der Waals surface area (Å²) in [4.78, 5) is 4.36. The summed E-state index contributed by atoms with van der Waals surface area (Å²) in [6.07, 6.45) is 4.90. The van der Waals surface area contributed by atoms with Crippen LogP contribution in [-0.2, 0) is 9.84 Å². The number of hydrogen-bond donors (Lipinski definition) is 1. The minimum Gasteiger partial charge on any atom is -0.398 e. The first-order valence-electron chi connectivity index (χ1n) is 5.52. The highest BCUT2D eigenvalue weighted by Gasteiger charge is 2.34. The number of pyridine rings is 1. The summed E-state index contributed by atoms with van der Waals surface area (Å²) >= 11 is 0. The lowest BCUT2D eigenvalue weighted by molar-refractivity contribution is 0.591. The van der Waals surface area contributed by atoms with Crippen LogP contribution in [0, 0.1) is 0 Å². The quantitative estimate of drug-likeness (QED) is 0.825. The van der Waals surface area contributed by atoms with Gasteiger partial charge in [-0.3, -0.25) is 0 Å². The normalized spacial score (nSPS) is 23.2. The van der Waals surface area contributed by atoms with Gasteiger partial charge in [-0.1, -0.05) is 0 Å². The van der Waals surface area contributed by atoms with Crippen molar-refractivity contribution in [3.05, 3.63) is 30.2 Å². The van der Waals surface area contributed by atoms with E-state index in [9.17, 15) is 8.42 Å². The monoisotopic (exact) mass is 251 g/mol. The molecule has 0 aromatic carbocycles. The molecule has 0 saturated carbocycles. The second-order valence-corrected chi connectivity index (χ2v) is 6.69. The van der Waals surface area contributed by atoms with Crippen LogP contribution in [0.25, 0.3) is 5.65 Å². The number of anilines is 1. The summed E-state index contributed by atoms with van der Waals surface area (Å²) in [6.45, 7) is 0. The maximum atomic E-state index is 11.8. The van der Waals surface area contributed by atoms with Crippen LogP contribution in [0.3, 0.4) is 0 Å². The van der Waals surface area contributed by atoms with Crippen molar-refractivity contribution < 1.29 is 8.42 Å². The number of rotatable bonds is 1. The number of imidazole rings is 1. The number of hydrogen-bond acceptors (Lipinski definition) is 4. The van der Waals surface area contributed by atoms with E-state index in [0.29, 0.717) is 17.8 Å². The van der Waals surface area contributed by atoms with Crippen LogP contribution < -0.4 is 5.73 Å². The van der Waals surface area contributed by atoms with Crippen molar-refractivity contribution in [2.24, 2.45) is 0 Å². The van der Waals surface area contributed by atoms with Crippen LogP contribution in [0.5, 0.6) is 0 Å². The molecule has 3 heterocycles. The minimum atomic E-state index is -3.00. The molecule has 0 radical (unpaired) electrons. The van der Waals surface area contributed by atoms with Crippen molar-refractivity contribution in [3.63, 3.8) is 0 Å². The van der Waals surface area contributed by atoms with Crippen molar-refractivity contribution in [2.45, 2.75) is 18.1 Å². The Morgan fingerprint density at radius 2 is 2.18 bits per heavy atom. The van der Waals surface area contributed by atoms with Crippen LogP contribution in [0.2, 0.25) is 0 Å². The molecule has 0 aliphatic carbocycles. The molecule has 1 aliphatic rings. The first-order chi connectivity index (χ1) is 8.06. The summed E-state index contributed by atoms with van der Waals surface area (Å²) in [5.74, 6) is 0.272. The summed E-state index contributed by atoms with van der Waals surface area (Å²) in [7, 11) is -3.00. The topological polar surface area (TPSA) is 77.5 Å². The minimum absolute atomic E-state index is 0.272. The van der Waals surface area contributed by atoms with E-state index < -0.39 is 15.1 Å². The van der Waals surface area contributed by atoms with E-state index in [-0.39, 0.29) is 5.75 Å². The third-order valence-electron chi connectivity index (χ3n) is 3.15. The Morgan fingerprint density at radius 1 is 1.35 bits per heavy atom. The molecule has 90 valence electrons. The molecule has 0 amide bonds. The fourth-order valence-electron chi connectivity index (χ4n) is 2.31. The Bertz CT molecular complexity index is 675. The first-order valence-corrected chi connectivity index (χ1v) is 7.23. The molecule has 1 aliphatic heterocycles. The fourth-order valence-corrected chi connectivity index (χ4v) is 4.17. The maximum Gasteiger partial charge on any atom is 0.158 e. The van der Waals surface area contributed by atoms with E-state index in [2.05, 4.69) is 4.98 Å². The molecule has 3 rings (SSSR count). The average molecular weight is 251 g/mol. The van der Waals surface area contributed by atoms with Crippen LogP contribution >= 0.6 is 0 Å². The van der Waals surface area contributed by atoms with Gasteiger partial charge in [-0.05, 0) is 25.0 Å². The number of nitrogens with zero attached hydrogens (tertiary/aromatic N) is 2. The number of aromatic nitrogens is 2. The lowest BCUT2D eigenvalue weighted by atomic mass is 10.2. The SMILES string of the molecule is Nc1ccc2nc(C3CCCS3(=O)=O)cn2c1. The van der Waals surface area contributed by atoms with Gasteiger partial charge in [-0.25, -0.2) is 13.4 Å². The standard InChI is InChI=1S/C11H13N3O2S/c12-8-3-4-11-13-9(7-14(11)6-8)10-2-1-5-17(10,15)16/h3-4,6-7,10H,1-2,5,12H2. The van der Waals surface area contributed by atoms with Crippen molar-refractivity contribution in [3.8, 4) is 0 Å². The largest absolute Gasteiger partial charge is 0.398 e. The highest BCUT2D eigenvalue weighted by Crippen LogP contribution is 2.34. The van der Waals surface area contributed by atoms with E-state index in [4.69, 9.17) is 5.73 Å². The Morgan fingerprint density at radius 3 is 2.88 bits per heavy atom. The zero-order valence-corrected chi connectivity index (χ0v) is 10.0. The molecule has 6 heteroatoms. The van der Waals surface area contributed by atoms with Crippen molar-refractivity contribution in [2.75, 3.05) is 11.5 Å². The number of fused-ring (bicyclic) bond motifs is 1. The average Bonchev–Trinajstić information content (AvgIpc) is 2.79. The molecule has 2 aromatic heterocycles. The van der Waals surface area contributed by atoms with Gasteiger partial charge in [-0.2, -0.15) is 0 Å². The van der Waals surface area contributed by atoms with Gasteiger partial charge in [0.25, 0.3) is 0 Å². The Balaban J connectivity index is 2.12. The molecule has 2 N–H and O–H groups in total. The molecule has 1 saturated heterocycles. The number of nitrogens with two attached hydrogens (primary N) is 1. The predicted octanol–water partition coefficient (Wildman–Crippen LogP) is 1.17. The van der Waals surface area contributed by atoms with Crippen LogP contribution in [0.1, 0.15) is 23.8 Å². The predicted molar refractivity (Wildman–Crippen MR) is 65.4 cm³/mol. The molecule has 0 spiro atoms. The lowest BCUT2D eigenvalue weighted by Gasteiger charge is -2.03. The molecule has 1 unspecified atom stereocenters. The molecular weight excluding hydrogens is 238 g/mol. The van der Waals surface area contributed by atoms with E-state index >= 15 is 0 Å². The smallest absolute Gasteiger partial charge is 0.158 e. The first kappa shape index (κ1) is 10.6. The third kappa shape index (κ3) is 1.68. The molecule has 0 bridgehead atoms. The van der Waals surface area contributed by atoms with Crippen LogP contribution in [-0.4, -0.2) is 23.6 Å². The van der Waals surface area contributed by atoms with E-state index in [0.717, 1.165) is 12.1 Å². The highest BCUT2D eigenvalue weighted by molar-refractivity contribution is 7.91. The Hall–Kier alpha value is -1.56. The molecule has 5 nitrogen and oxygen atoms in total. The summed E-state index contributed by atoms with van der Waals surface area (Å²) < 4.78 is 25.4. The highest BCUT2D eigenvalue weighted by atomic mass is 32.2. The van der Waals surface area contributed by atoms with Crippen molar-refractivity contribution in [1.29, 1.82) is 0 Å². The van der Waals surface area contributed by atoms with Crippen molar-refractivity contribution in [1.82, 2.24) is 9.38 Å². The lowest BCUT2D eigenvalue weighted by Crippen LogP contribution is -2.08. The van der Waals surface area contributed by atoms with Crippen LogP contribution in [0.4, 0.5) is 5.69 Å². The van der Waals surface area contributed by atoms with Gasteiger partial charge in [-0.15, -0.1) is 0 Å². The van der Waals surface area contributed by atoms with Gasteiger partial charge in [0.1, 0.15) is 10.9 Å². The van der Waals surface area contributed by atoms with Crippen molar-refractivity contribution >= 4 is 21.2 Å². The molecule has 17 heavy (non-hydrogen) atoms.